The third-order valence-corrected chi connectivity index (χ3v) is 7.24. The van der Waals surface area contributed by atoms with Crippen molar-refractivity contribution >= 4 is 5.82 Å². The van der Waals surface area contributed by atoms with E-state index in [0.717, 1.165) is 11.1 Å². The molecule has 1 unspecified atom stereocenters. The van der Waals surface area contributed by atoms with Crippen LogP contribution < -0.4 is 11.4 Å². The van der Waals surface area contributed by atoms with E-state index in [1.807, 2.05) is 60.7 Å². The monoisotopic (exact) mass is 515 g/mol. The first-order valence-electron chi connectivity index (χ1n) is 12.2. The summed E-state index contributed by atoms with van der Waals surface area (Å²) in [5.41, 5.74) is 7.37. The summed E-state index contributed by atoms with van der Waals surface area (Å²) in [4.78, 5) is 17.6. The van der Waals surface area contributed by atoms with E-state index >= 15 is 0 Å². The second-order valence-corrected chi connectivity index (χ2v) is 9.38. The van der Waals surface area contributed by atoms with Gasteiger partial charge in [0.2, 0.25) is 0 Å². The number of aliphatic hydroxyl groups is 3. The molecule has 0 saturated carbocycles. The van der Waals surface area contributed by atoms with E-state index in [4.69, 9.17) is 10.5 Å². The Kier molecular flexibility index (Phi) is 6.77. The van der Waals surface area contributed by atoms with Crippen molar-refractivity contribution in [3.05, 3.63) is 123 Å². The van der Waals surface area contributed by atoms with Crippen molar-refractivity contribution in [3.8, 4) is 5.75 Å². The number of aromatic hydroxyl groups is 1. The standard InChI is InChI=1S/C29H29N3O6/c1-17-25(32(28(37)31-26(17)30)27-24(36)23(35)22(16-33)38-27)29(18-8-4-2-5-9-18,19-10-6-3-7-11-19)20-12-14-21(34)15-13-20/h2-15,22-24,27,33-36H,16H2,1H3,(H2,30,31,37)/t22-,23-,24-,27?/m1/s1. The highest BCUT2D eigenvalue weighted by molar-refractivity contribution is 5.62. The highest BCUT2D eigenvalue weighted by atomic mass is 16.6. The normalized spacial score (nSPS) is 21.5. The number of rotatable bonds is 6. The first-order chi connectivity index (χ1) is 18.3. The van der Waals surface area contributed by atoms with Gasteiger partial charge in [0.15, 0.2) is 6.23 Å². The molecule has 1 saturated heterocycles. The zero-order chi connectivity index (χ0) is 27.0. The summed E-state index contributed by atoms with van der Waals surface area (Å²) in [6.07, 6.45) is -5.43. The number of nitrogen functional groups attached to an aromatic ring is 1. The molecule has 0 radical (unpaired) electrons. The minimum Gasteiger partial charge on any atom is -0.508 e. The molecular formula is C29H29N3O6. The van der Waals surface area contributed by atoms with Gasteiger partial charge in [-0.25, -0.2) is 4.79 Å². The molecule has 0 spiro atoms. The molecule has 4 aromatic rings. The van der Waals surface area contributed by atoms with E-state index < -0.39 is 42.3 Å². The molecule has 0 bridgehead atoms. The molecule has 0 aliphatic carbocycles. The van der Waals surface area contributed by atoms with Crippen LogP contribution in [0.15, 0.2) is 89.7 Å². The zero-order valence-corrected chi connectivity index (χ0v) is 20.7. The quantitative estimate of drug-likeness (QED) is 0.244. The number of nitrogens with two attached hydrogens (primary N) is 1. The van der Waals surface area contributed by atoms with Crippen molar-refractivity contribution in [3.63, 3.8) is 0 Å². The lowest BCUT2D eigenvalue weighted by atomic mass is 9.66. The molecular weight excluding hydrogens is 486 g/mol. The Morgan fingerprint density at radius 1 is 0.895 bits per heavy atom. The SMILES string of the molecule is Cc1c(N)nc(=O)n(C2O[C@H](CO)[C@@H](O)[C@H]2O)c1C(c1ccccc1)(c1ccccc1)c1ccc(O)cc1. The van der Waals surface area contributed by atoms with Crippen LogP contribution in [0.3, 0.4) is 0 Å². The molecule has 1 fully saturated rings. The molecule has 1 aliphatic heterocycles. The molecule has 38 heavy (non-hydrogen) atoms. The van der Waals surface area contributed by atoms with E-state index in [1.54, 1.807) is 31.2 Å². The lowest BCUT2D eigenvalue weighted by molar-refractivity contribution is -0.0568. The van der Waals surface area contributed by atoms with Gasteiger partial charge in [0, 0.05) is 5.56 Å². The van der Waals surface area contributed by atoms with E-state index in [1.165, 1.54) is 4.57 Å². The predicted octanol–water partition coefficient (Wildman–Crippen LogP) is 1.83. The highest BCUT2D eigenvalue weighted by Gasteiger charge is 2.49. The van der Waals surface area contributed by atoms with E-state index in [-0.39, 0.29) is 11.6 Å². The molecule has 9 nitrogen and oxygen atoms in total. The largest absolute Gasteiger partial charge is 0.508 e. The zero-order valence-electron chi connectivity index (χ0n) is 20.7. The van der Waals surface area contributed by atoms with Crippen molar-refractivity contribution in [2.24, 2.45) is 0 Å². The Labute approximate surface area is 219 Å². The molecule has 9 heteroatoms. The second kappa shape index (κ2) is 10.0. The molecule has 1 aromatic heterocycles. The topological polar surface area (TPSA) is 151 Å². The third-order valence-electron chi connectivity index (χ3n) is 7.24. The lowest BCUT2D eigenvalue weighted by Crippen LogP contribution is -2.44. The van der Waals surface area contributed by atoms with E-state index in [2.05, 4.69) is 4.98 Å². The molecule has 5 rings (SSSR count). The molecule has 2 heterocycles. The van der Waals surface area contributed by atoms with Gasteiger partial charge >= 0.3 is 5.69 Å². The highest BCUT2D eigenvalue weighted by Crippen LogP contribution is 2.48. The number of hydrogen-bond acceptors (Lipinski definition) is 8. The molecule has 3 aromatic carbocycles. The number of phenolic OH excluding ortho intramolecular Hbond substituents is 1. The van der Waals surface area contributed by atoms with Crippen LogP contribution in [0, 0.1) is 6.92 Å². The van der Waals surface area contributed by atoms with Gasteiger partial charge < -0.3 is 30.9 Å². The van der Waals surface area contributed by atoms with Gasteiger partial charge in [-0.15, -0.1) is 0 Å². The molecule has 0 amide bonds. The van der Waals surface area contributed by atoms with Gasteiger partial charge in [-0.2, -0.15) is 4.98 Å². The van der Waals surface area contributed by atoms with Crippen molar-refractivity contribution in [1.29, 1.82) is 0 Å². The van der Waals surface area contributed by atoms with Gasteiger partial charge in [0.1, 0.15) is 29.9 Å². The van der Waals surface area contributed by atoms with Crippen LogP contribution in [0.1, 0.15) is 34.2 Å². The van der Waals surface area contributed by atoms with Gasteiger partial charge in [0.05, 0.1) is 17.7 Å². The summed E-state index contributed by atoms with van der Waals surface area (Å²) in [7, 11) is 0. The molecule has 6 N–H and O–H groups in total. The second-order valence-electron chi connectivity index (χ2n) is 9.38. The minimum absolute atomic E-state index is 0.00279. The Morgan fingerprint density at radius 3 is 1.92 bits per heavy atom. The van der Waals surface area contributed by atoms with Gasteiger partial charge in [-0.05, 0) is 35.7 Å². The van der Waals surface area contributed by atoms with Crippen molar-refractivity contribution in [2.75, 3.05) is 12.3 Å². The Balaban J connectivity index is 1.97. The minimum atomic E-state index is -1.53. The Morgan fingerprint density at radius 2 is 1.42 bits per heavy atom. The number of aliphatic hydroxyl groups excluding tert-OH is 3. The Hall–Kier alpha value is -4.02. The number of ether oxygens (including phenoxy) is 1. The summed E-state index contributed by atoms with van der Waals surface area (Å²) in [6.45, 7) is 1.18. The average molecular weight is 516 g/mol. The number of aromatic nitrogens is 2. The maximum Gasteiger partial charge on any atom is 0.352 e. The lowest BCUT2D eigenvalue weighted by Gasteiger charge is -2.40. The number of phenols is 1. The maximum absolute atomic E-state index is 13.6. The van der Waals surface area contributed by atoms with Crippen LogP contribution in [0.4, 0.5) is 5.82 Å². The van der Waals surface area contributed by atoms with E-state index in [0.29, 0.717) is 16.8 Å². The van der Waals surface area contributed by atoms with Crippen molar-refractivity contribution in [2.45, 2.75) is 36.9 Å². The fourth-order valence-corrected chi connectivity index (χ4v) is 5.43. The summed E-state index contributed by atoms with van der Waals surface area (Å²) in [5, 5.41) is 41.4. The number of anilines is 1. The summed E-state index contributed by atoms with van der Waals surface area (Å²) < 4.78 is 7.08. The molecule has 196 valence electrons. The van der Waals surface area contributed by atoms with Crippen LogP contribution in [0.25, 0.3) is 0 Å². The molecule has 1 aliphatic rings. The van der Waals surface area contributed by atoms with Crippen LogP contribution in [0.5, 0.6) is 5.75 Å². The predicted molar refractivity (Wildman–Crippen MR) is 141 cm³/mol. The van der Waals surface area contributed by atoms with Gasteiger partial charge in [-0.1, -0.05) is 72.8 Å². The van der Waals surface area contributed by atoms with Crippen LogP contribution in [-0.4, -0.2) is 54.9 Å². The van der Waals surface area contributed by atoms with Gasteiger partial charge in [-0.3, -0.25) is 4.57 Å². The fourth-order valence-electron chi connectivity index (χ4n) is 5.43. The van der Waals surface area contributed by atoms with E-state index in [9.17, 15) is 25.2 Å². The van der Waals surface area contributed by atoms with Crippen LogP contribution in [0.2, 0.25) is 0 Å². The third kappa shape index (κ3) is 3.97. The van der Waals surface area contributed by atoms with Crippen molar-refractivity contribution in [1.82, 2.24) is 9.55 Å². The van der Waals surface area contributed by atoms with Crippen LogP contribution in [-0.2, 0) is 10.2 Å². The molecule has 4 atom stereocenters. The fraction of sp³-hybridized carbons (Fsp3) is 0.241. The summed E-state index contributed by atoms with van der Waals surface area (Å²) >= 11 is 0. The van der Waals surface area contributed by atoms with Gasteiger partial charge in [0.25, 0.3) is 0 Å². The number of nitrogens with zero attached hydrogens (tertiary/aromatic N) is 2. The summed E-state index contributed by atoms with van der Waals surface area (Å²) in [5.74, 6) is 0.0681. The first kappa shape index (κ1) is 25.6. The van der Waals surface area contributed by atoms with Crippen LogP contribution >= 0.6 is 0 Å². The number of benzene rings is 3. The summed E-state index contributed by atoms with van der Waals surface area (Å²) in [6, 6.07) is 25.6. The maximum atomic E-state index is 13.6. The smallest absolute Gasteiger partial charge is 0.352 e. The number of hydrogen-bond donors (Lipinski definition) is 5. The first-order valence-corrected chi connectivity index (χ1v) is 12.2. The Bertz CT molecular complexity index is 1430. The van der Waals surface area contributed by atoms with Crippen molar-refractivity contribution < 1.29 is 25.2 Å². The average Bonchev–Trinajstić information content (AvgIpc) is 3.22.